The van der Waals surface area contributed by atoms with Crippen LogP contribution in [0, 0.1) is 0 Å². The zero-order chi connectivity index (χ0) is 23.3. The molecule has 0 aliphatic carbocycles. The Kier molecular flexibility index (Phi) is 6.97. The number of carbonyl (C=O) groups is 1. The van der Waals surface area contributed by atoms with Crippen LogP contribution in [0.4, 0.5) is 5.69 Å². The summed E-state index contributed by atoms with van der Waals surface area (Å²) in [6, 6.07) is 16.4. The van der Waals surface area contributed by atoms with E-state index in [1.54, 1.807) is 43.5 Å². The fourth-order valence-electron chi connectivity index (χ4n) is 3.26. The molecule has 4 rings (SSSR count). The molecule has 0 bridgehead atoms. The number of hydrogen-bond donors (Lipinski definition) is 1. The highest BCUT2D eigenvalue weighted by molar-refractivity contribution is 7.89. The van der Waals surface area contributed by atoms with Crippen LogP contribution in [-0.4, -0.2) is 52.0 Å². The molecule has 0 spiro atoms. The number of furan rings is 1. The second-order valence-corrected chi connectivity index (χ2v) is 9.17. The van der Waals surface area contributed by atoms with Crippen molar-refractivity contribution in [1.82, 2.24) is 4.31 Å². The molecular weight excluding hydrogens is 448 g/mol. The van der Waals surface area contributed by atoms with Gasteiger partial charge in [-0.2, -0.15) is 4.31 Å². The number of rotatable bonds is 8. The molecule has 0 atom stereocenters. The Hall–Kier alpha value is -3.34. The Bertz CT molecular complexity index is 1200. The van der Waals surface area contributed by atoms with Gasteiger partial charge < -0.3 is 23.9 Å². The molecule has 2 aromatic carbocycles. The molecule has 0 unspecified atom stereocenters. The Morgan fingerprint density at radius 2 is 1.76 bits per heavy atom. The van der Waals surface area contributed by atoms with E-state index in [0.29, 0.717) is 49.2 Å². The van der Waals surface area contributed by atoms with E-state index in [0.717, 1.165) is 0 Å². The third-order valence-corrected chi connectivity index (χ3v) is 6.94. The van der Waals surface area contributed by atoms with Crippen LogP contribution in [0.25, 0.3) is 0 Å². The van der Waals surface area contributed by atoms with Crippen LogP contribution < -0.4 is 14.8 Å². The van der Waals surface area contributed by atoms with Crippen molar-refractivity contribution < 1.29 is 31.8 Å². The quantitative estimate of drug-likeness (QED) is 0.537. The number of carbonyl (C=O) groups excluding carboxylic acids is 1. The molecule has 10 heteroatoms. The van der Waals surface area contributed by atoms with Crippen LogP contribution in [0.1, 0.15) is 16.3 Å². The van der Waals surface area contributed by atoms with Gasteiger partial charge in [0.2, 0.25) is 10.0 Å². The monoisotopic (exact) mass is 472 g/mol. The van der Waals surface area contributed by atoms with Gasteiger partial charge in [-0.05, 0) is 48.5 Å². The first kappa shape index (κ1) is 22.8. The molecule has 1 aliphatic rings. The predicted octanol–water partition coefficient (Wildman–Crippen LogP) is 3.14. The molecule has 3 aromatic rings. The largest absolute Gasteiger partial charge is 0.497 e. The topological polar surface area (TPSA) is 107 Å². The number of anilines is 1. The zero-order valence-electron chi connectivity index (χ0n) is 18.0. The number of ether oxygens (including phenoxy) is 3. The Morgan fingerprint density at radius 1 is 1.03 bits per heavy atom. The molecule has 0 saturated carbocycles. The Balaban J connectivity index is 1.35. The van der Waals surface area contributed by atoms with Gasteiger partial charge in [0.25, 0.3) is 5.91 Å². The molecule has 0 radical (unpaired) electrons. The van der Waals surface area contributed by atoms with Gasteiger partial charge in [0.05, 0.1) is 25.2 Å². The molecular formula is C23H24N2O7S. The fourth-order valence-corrected chi connectivity index (χ4v) is 4.67. The lowest BCUT2D eigenvalue weighted by molar-refractivity contribution is 0.0730. The maximum Gasteiger partial charge on any atom is 0.291 e. The third-order valence-electron chi connectivity index (χ3n) is 5.03. The van der Waals surface area contributed by atoms with Crippen molar-refractivity contribution in [3.05, 3.63) is 72.2 Å². The predicted molar refractivity (Wildman–Crippen MR) is 120 cm³/mol. The lowest BCUT2D eigenvalue weighted by atomic mass is 10.3. The van der Waals surface area contributed by atoms with E-state index < -0.39 is 15.9 Å². The van der Waals surface area contributed by atoms with E-state index >= 15 is 0 Å². The summed E-state index contributed by atoms with van der Waals surface area (Å²) in [5.41, 5.74) is 0.450. The molecule has 1 fully saturated rings. The number of nitrogens with zero attached hydrogens (tertiary/aromatic N) is 1. The van der Waals surface area contributed by atoms with Crippen molar-refractivity contribution in [2.24, 2.45) is 0 Å². The van der Waals surface area contributed by atoms with Crippen molar-refractivity contribution in [2.45, 2.75) is 11.5 Å². The summed E-state index contributed by atoms with van der Waals surface area (Å²) in [6.45, 7) is 1.55. The summed E-state index contributed by atoms with van der Waals surface area (Å²) in [5.74, 6) is 1.44. The molecule has 9 nitrogen and oxygen atoms in total. The Labute approximate surface area is 191 Å². The summed E-state index contributed by atoms with van der Waals surface area (Å²) in [5, 5.41) is 2.70. The van der Waals surface area contributed by atoms with Crippen molar-refractivity contribution in [2.75, 3.05) is 38.7 Å². The first-order valence-electron chi connectivity index (χ1n) is 10.3. The molecule has 2 heterocycles. The number of methoxy groups -OCH3 is 1. The van der Waals surface area contributed by atoms with E-state index in [2.05, 4.69) is 5.32 Å². The van der Waals surface area contributed by atoms with Gasteiger partial charge in [-0.15, -0.1) is 0 Å². The number of benzene rings is 2. The van der Waals surface area contributed by atoms with Crippen LogP contribution in [0.2, 0.25) is 0 Å². The molecule has 1 aromatic heterocycles. The fraction of sp³-hybridized carbons (Fsp3) is 0.261. The van der Waals surface area contributed by atoms with Gasteiger partial charge in [0.15, 0.2) is 5.76 Å². The summed E-state index contributed by atoms with van der Waals surface area (Å²) in [4.78, 5) is 12.7. The van der Waals surface area contributed by atoms with Gasteiger partial charge in [-0.3, -0.25) is 4.79 Å². The van der Waals surface area contributed by atoms with E-state index in [9.17, 15) is 13.2 Å². The van der Waals surface area contributed by atoms with E-state index in [1.165, 1.54) is 16.4 Å². The lowest BCUT2D eigenvalue weighted by Gasteiger charge is -2.26. The Morgan fingerprint density at radius 3 is 2.48 bits per heavy atom. The van der Waals surface area contributed by atoms with Crippen molar-refractivity contribution >= 4 is 21.6 Å². The third kappa shape index (κ3) is 5.54. The normalized spacial score (nSPS) is 14.6. The average molecular weight is 473 g/mol. The van der Waals surface area contributed by atoms with Crippen LogP contribution in [0.5, 0.6) is 11.5 Å². The molecule has 1 aliphatic heterocycles. The zero-order valence-corrected chi connectivity index (χ0v) is 18.8. The first-order valence-corrected chi connectivity index (χ1v) is 11.7. The summed E-state index contributed by atoms with van der Waals surface area (Å²) in [6.07, 6.45) is 0. The smallest absolute Gasteiger partial charge is 0.291 e. The van der Waals surface area contributed by atoms with Crippen LogP contribution in [0.3, 0.4) is 0 Å². The lowest BCUT2D eigenvalue weighted by Crippen LogP contribution is -2.40. The average Bonchev–Trinajstić information content (AvgIpc) is 3.33. The van der Waals surface area contributed by atoms with Crippen LogP contribution in [-0.2, 0) is 21.4 Å². The van der Waals surface area contributed by atoms with Crippen LogP contribution in [0.15, 0.2) is 70.0 Å². The molecule has 33 heavy (non-hydrogen) atoms. The number of amides is 1. The maximum atomic E-state index is 12.7. The van der Waals surface area contributed by atoms with Crippen molar-refractivity contribution in [3.8, 4) is 11.5 Å². The van der Waals surface area contributed by atoms with Crippen molar-refractivity contribution in [3.63, 3.8) is 0 Å². The minimum Gasteiger partial charge on any atom is -0.497 e. The van der Waals surface area contributed by atoms with Gasteiger partial charge in [0, 0.05) is 24.8 Å². The van der Waals surface area contributed by atoms with Crippen molar-refractivity contribution in [1.29, 1.82) is 0 Å². The highest BCUT2D eigenvalue weighted by Gasteiger charge is 2.26. The van der Waals surface area contributed by atoms with Gasteiger partial charge in [-0.25, -0.2) is 8.42 Å². The SMILES string of the molecule is COc1cccc(OCc2ccc(C(=O)Nc3ccc(S(=O)(=O)N4CCOCC4)cc3)o2)c1. The highest BCUT2D eigenvalue weighted by Crippen LogP contribution is 2.22. The van der Waals surface area contributed by atoms with Gasteiger partial charge in [-0.1, -0.05) is 6.07 Å². The minimum absolute atomic E-state index is 0.115. The van der Waals surface area contributed by atoms with Gasteiger partial charge in [0.1, 0.15) is 23.9 Å². The molecule has 174 valence electrons. The first-order chi connectivity index (χ1) is 16.0. The van der Waals surface area contributed by atoms with Crippen LogP contribution >= 0.6 is 0 Å². The van der Waals surface area contributed by atoms with E-state index in [4.69, 9.17) is 18.6 Å². The number of nitrogens with one attached hydrogen (secondary N) is 1. The van der Waals surface area contributed by atoms with E-state index in [-0.39, 0.29) is 17.3 Å². The molecule has 1 amide bonds. The maximum absolute atomic E-state index is 12.7. The minimum atomic E-state index is -3.59. The van der Waals surface area contributed by atoms with E-state index in [1.807, 2.05) is 12.1 Å². The number of hydrogen-bond acceptors (Lipinski definition) is 7. The summed E-state index contributed by atoms with van der Waals surface area (Å²) in [7, 11) is -2.01. The second-order valence-electron chi connectivity index (χ2n) is 7.23. The highest BCUT2D eigenvalue weighted by atomic mass is 32.2. The number of morpholine rings is 1. The summed E-state index contributed by atoms with van der Waals surface area (Å²) < 4.78 is 48.4. The second kappa shape index (κ2) is 10.1. The summed E-state index contributed by atoms with van der Waals surface area (Å²) >= 11 is 0. The molecule has 1 saturated heterocycles. The van der Waals surface area contributed by atoms with Gasteiger partial charge >= 0.3 is 0 Å². The number of sulfonamides is 1. The standard InChI is InChI=1S/C23H24N2O7S/c1-29-18-3-2-4-19(15-18)31-16-20-7-10-22(32-20)23(26)24-17-5-8-21(9-6-17)33(27,28)25-11-13-30-14-12-25/h2-10,15H,11-14,16H2,1H3,(H,24,26). The molecule has 1 N–H and O–H groups in total.